The summed E-state index contributed by atoms with van der Waals surface area (Å²) in [5, 5.41) is 9.47. The molecule has 0 heterocycles. The zero-order valence-corrected chi connectivity index (χ0v) is 11.0. The predicted molar refractivity (Wildman–Crippen MR) is 69.2 cm³/mol. The van der Waals surface area contributed by atoms with Crippen LogP contribution in [-0.4, -0.2) is 29.1 Å². The van der Waals surface area contributed by atoms with Crippen LogP contribution in [0, 0.1) is 13.8 Å². The quantitative estimate of drug-likeness (QED) is 0.853. The van der Waals surface area contributed by atoms with E-state index in [0.29, 0.717) is 0 Å². The number of rotatable bonds is 5. The molecule has 0 bridgehead atoms. The summed E-state index contributed by atoms with van der Waals surface area (Å²) in [6.07, 6.45) is 0. The molecule has 0 aliphatic rings. The number of carbonyl (C=O) groups is 1. The second-order valence-corrected chi connectivity index (χ2v) is 4.27. The number of carboxylic acid groups (broad SMARTS) is 1. The van der Waals surface area contributed by atoms with E-state index >= 15 is 0 Å². The molecule has 0 saturated heterocycles. The summed E-state index contributed by atoms with van der Waals surface area (Å²) >= 11 is 0. The van der Waals surface area contributed by atoms with Gasteiger partial charge in [0.25, 0.3) is 0 Å². The minimum Gasteiger partial charge on any atom is -0.480 e. The Labute approximate surface area is 103 Å². The summed E-state index contributed by atoms with van der Waals surface area (Å²) in [4.78, 5) is 13.5. The van der Waals surface area contributed by atoms with E-state index in [1.165, 1.54) is 0 Å². The molecule has 0 aliphatic carbocycles. The molecule has 3 nitrogen and oxygen atoms in total. The van der Waals surface area contributed by atoms with Gasteiger partial charge in [0.05, 0.1) is 0 Å². The topological polar surface area (TPSA) is 40.5 Å². The van der Waals surface area contributed by atoms with Gasteiger partial charge >= 0.3 is 5.97 Å². The van der Waals surface area contributed by atoms with Crippen molar-refractivity contribution in [2.45, 2.75) is 33.7 Å². The van der Waals surface area contributed by atoms with Gasteiger partial charge in [0, 0.05) is 0 Å². The highest BCUT2D eigenvalue weighted by atomic mass is 16.4. The number of hydrogen-bond donors (Lipinski definition) is 1. The standard InChI is InChI=1S/C14H21NO2/c1-5-15(6-2)13(14(16)17)12-10(3)8-7-9-11(12)4/h7-9,13H,5-6H2,1-4H3,(H,16,17). The van der Waals surface area contributed by atoms with Gasteiger partial charge in [0.2, 0.25) is 0 Å². The molecule has 0 radical (unpaired) electrons. The van der Waals surface area contributed by atoms with Crippen molar-refractivity contribution in [2.75, 3.05) is 13.1 Å². The molecule has 1 aromatic rings. The highest BCUT2D eigenvalue weighted by molar-refractivity contribution is 5.76. The summed E-state index contributed by atoms with van der Waals surface area (Å²) in [6, 6.07) is 5.38. The fraction of sp³-hybridized carbons (Fsp3) is 0.500. The lowest BCUT2D eigenvalue weighted by atomic mass is 9.95. The molecule has 0 aliphatic heterocycles. The van der Waals surface area contributed by atoms with Crippen LogP contribution in [0.3, 0.4) is 0 Å². The van der Waals surface area contributed by atoms with Crippen LogP contribution in [0.5, 0.6) is 0 Å². The van der Waals surface area contributed by atoms with E-state index in [0.717, 1.165) is 29.8 Å². The molecule has 1 N–H and O–H groups in total. The third-order valence-electron chi connectivity index (χ3n) is 3.23. The third kappa shape index (κ3) is 2.86. The summed E-state index contributed by atoms with van der Waals surface area (Å²) in [7, 11) is 0. The Morgan fingerprint density at radius 3 is 2.06 bits per heavy atom. The summed E-state index contributed by atoms with van der Waals surface area (Å²) in [5.74, 6) is -0.772. The third-order valence-corrected chi connectivity index (χ3v) is 3.23. The second kappa shape index (κ2) is 5.82. The van der Waals surface area contributed by atoms with Crippen molar-refractivity contribution in [2.24, 2.45) is 0 Å². The molecule has 1 rings (SSSR count). The first-order chi connectivity index (χ1) is 8.02. The Morgan fingerprint density at radius 1 is 1.24 bits per heavy atom. The normalized spacial score (nSPS) is 12.8. The van der Waals surface area contributed by atoms with Crippen LogP contribution >= 0.6 is 0 Å². The largest absolute Gasteiger partial charge is 0.480 e. The molecule has 0 aromatic heterocycles. The Kier molecular flexibility index (Phi) is 4.70. The van der Waals surface area contributed by atoms with E-state index < -0.39 is 12.0 Å². The van der Waals surface area contributed by atoms with Gasteiger partial charge < -0.3 is 5.11 Å². The average molecular weight is 235 g/mol. The number of hydrogen-bond acceptors (Lipinski definition) is 2. The zero-order valence-electron chi connectivity index (χ0n) is 11.0. The van der Waals surface area contributed by atoms with Gasteiger partial charge in [-0.25, -0.2) is 0 Å². The van der Waals surface area contributed by atoms with E-state index in [2.05, 4.69) is 0 Å². The first-order valence-corrected chi connectivity index (χ1v) is 6.05. The molecule has 1 unspecified atom stereocenters. The second-order valence-electron chi connectivity index (χ2n) is 4.27. The van der Waals surface area contributed by atoms with Gasteiger partial charge in [0.15, 0.2) is 0 Å². The van der Waals surface area contributed by atoms with E-state index in [1.807, 2.05) is 50.8 Å². The Hall–Kier alpha value is -1.35. The SMILES string of the molecule is CCN(CC)C(C(=O)O)c1c(C)cccc1C. The van der Waals surface area contributed by atoms with Crippen molar-refractivity contribution in [1.82, 2.24) is 4.90 Å². The maximum Gasteiger partial charge on any atom is 0.325 e. The van der Waals surface area contributed by atoms with Crippen LogP contribution in [0.2, 0.25) is 0 Å². The summed E-state index contributed by atoms with van der Waals surface area (Å²) in [5.41, 5.74) is 3.03. The van der Waals surface area contributed by atoms with Crippen molar-refractivity contribution in [3.63, 3.8) is 0 Å². The number of likely N-dealkylation sites (N-methyl/N-ethyl adjacent to an activating group) is 1. The van der Waals surface area contributed by atoms with Crippen molar-refractivity contribution in [3.8, 4) is 0 Å². The summed E-state index contributed by atoms with van der Waals surface area (Å²) in [6.45, 7) is 9.41. The van der Waals surface area contributed by atoms with E-state index in [1.54, 1.807) is 0 Å². The lowest BCUT2D eigenvalue weighted by Gasteiger charge is -2.28. The number of nitrogens with zero attached hydrogens (tertiary/aromatic N) is 1. The molecular formula is C14H21NO2. The fourth-order valence-corrected chi connectivity index (χ4v) is 2.31. The van der Waals surface area contributed by atoms with E-state index in [4.69, 9.17) is 0 Å². The molecule has 3 heteroatoms. The van der Waals surface area contributed by atoms with Gasteiger partial charge in [0.1, 0.15) is 6.04 Å². The number of aryl methyl sites for hydroxylation is 2. The van der Waals surface area contributed by atoms with Crippen LogP contribution in [0.4, 0.5) is 0 Å². The number of aliphatic carboxylic acids is 1. The van der Waals surface area contributed by atoms with Crippen LogP contribution in [0.25, 0.3) is 0 Å². The molecule has 0 saturated carbocycles. The van der Waals surface area contributed by atoms with Crippen molar-refractivity contribution >= 4 is 5.97 Å². The van der Waals surface area contributed by atoms with Crippen LogP contribution in [0.1, 0.15) is 36.6 Å². The smallest absolute Gasteiger partial charge is 0.325 e. The Bertz CT molecular complexity index is 377. The maximum absolute atomic E-state index is 11.5. The first kappa shape index (κ1) is 13.7. The summed E-state index contributed by atoms with van der Waals surface area (Å²) < 4.78 is 0. The molecule has 0 amide bonds. The van der Waals surface area contributed by atoms with Crippen LogP contribution in [-0.2, 0) is 4.79 Å². The maximum atomic E-state index is 11.5. The Balaban J connectivity index is 3.27. The number of carboxylic acids is 1. The molecule has 1 aromatic carbocycles. The average Bonchev–Trinajstić information content (AvgIpc) is 2.27. The Morgan fingerprint density at radius 2 is 1.71 bits per heavy atom. The molecule has 1 atom stereocenters. The van der Waals surface area contributed by atoms with Crippen LogP contribution in [0.15, 0.2) is 18.2 Å². The van der Waals surface area contributed by atoms with E-state index in [-0.39, 0.29) is 0 Å². The van der Waals surface area contributed by atoms with Gasteiger partial charge in [-0.05, 0) is 43.6 Å². The fourth-order valence-electron chi connectivity index (χ4n) is 2.31. The molecular weight excluding hydrogens is 214 g/mol. The van der Waals surface area contributed by atoms with Gasteiger partial charge in [-0.15, -0.1) is 0 Å². The predicted octanol–water partition coefficient (Wildman–Crippen LogP) is 2.77. The number of benzene rings is 1. The van der Waals surface area contributed by atoms with Crippen molar-refractivity contribution in [1.29, 1.82) is 0 Å². The van der Waals surface area contributed by atoms with Crippen LogP contribution < -0.4 is 0 Å². The highest BCUT2D eigenvalue weighted by Gasteiger charge is 2.27. The van der Waals surface area contributed by atoms with Crippen molar-refractivity contribution in [3.05, 3.63) is 34.9 Å². The molecule has 0 spiro atoms. The van der Waals surface area contributed by atoms with Gasteiger partial charge in [-0.2, -0.15) is 0 Å². The monoisotopic (exact) mass is 235 g/mol. The van der Waals surface area contributed by atoms with E-state index in [9.17, 15) is 9.90 Å². The lowest BCUT2D eigenvalue weighted by Crippen LogP contribution is -2.34. The molecule has 0 fully saturated rings. The molecule has 17 heavy (non-hydrogen) atoms. The first-order valence-electron chi connectivity index (χ1n) is 6.05. The van der Waals surface area contributed by atoms with Crippen molar-refractivity contribution < 1.29 is 9.90 Å². The van der Waals surface area contributed by atoms with Gasteiger partial charge in [-0.3, -0.25) is 9.69 Å². The minimum atomic E-state index is -0.772. The highest BCUT2D eigenvalue weighted by Crippen LogP contribution is 2.27. The lowest BCUT2D eigenvalue weighted by molar-refractivity contribution is -0.143. The molecule has 94 valence electrons. The zero-order chi connectivity index (χ0) is 13.0. The minimum absolute atomic E-state index is 0.536. The van der Waals surface area contributed by atoms with Gasteiger partial charge in [-0.1, -0.05) is 32.0 Å².